The van der Waals surface area contributed by atoms with Crippen molar-refractivity contribution in [3.05, 3.63) is 166 Å². The minimum atomic E-state index is -0.692. The summed E-state index contributed by atoms with van der Waals surface area (Å²) < 4.78 is 5.23. The molecule has 0 aliphatic rings. The third kappa shape index (κ3) is 8.95. The number of nitrogens with zero attached hydrogens (tertiary/aromatic N) is 1. The predicted molar refractivity (Wildman–Crippen MR) is 187 cm³/mol. The van der Waals surface area contributed by atoms with Crippen LogP contribution < -0.4 is 20.7 Å². The molecule has 240 valence electrons. The molecule has 3 amide bonds. The van der Waals surface area contributed by atoms with Gasteiger partial charge in [-0.2, -0.15) is 0 Å². The summed E-state index contributed by atoms with van der Waals surface area (Å²) in [5, 5.41) is 18.8. The molecule has 3 N–H and O–H groups in total. The molecule has 0 saturated heterocycles. The number of thioether (sulfide) groups is 1. The Morgan fingerprint density at radius 3 is 2.08 bits per heavy atom. The van der Waals surface area contributed by atoms with Crippen molar-refractivity contribution in [2.24, 2.45) is 0 Å². The number of ether oxygens (including phenoxy) is 1. The largest absolute Gasteiger partial charge is 0.497 e. The van der Waals surface area contributed by atoms with Crippen molar-refractivity contribution in [2.45, 2.75) is 10.1 Å². The highest BCUT2D eigenvalue weighted by Gasteiger charge is 2.23. The van der Waals surface area contributed by atoms with Gasteiger partial charge in [0.15, 0.2) is 0 Å². The number of nitrogens with one attached hydrogen (secondary N) is 3. The van der Waals surface area contributed by atoms with E-state index in [9.17, 15) is 24.5 Å². The number of carbonyl (C=O) groups excluding carboxylic acids is 3. The van der Waals surface area contributed by atoms with Crippen LogP contribution in [0.2, 0.25) is 0 Å². The molecule has 0 aromatic heterocycles. The Hall–Kier alpha value is -6.20. The summed E-state index contributed by atoms with van der Waals surface area (Å²) in [6.45, 7) is 0. The van der Waals surface area contributed by atoms with Crippen LogP contribution in [0.5, 0.6) is 5.75 Å². The Morgan fingerprint density at radius 1 is 0.771 bits per heavy atom. The lowest BCUT2D eigenvalue weighted by molar-refractivity contribution is -0.384. The van der Waals surface area contributed by atoms with Gasteiger partial charge in [0.25, 0.3) is 17.5 Å². The molecular weight excluding hydrogens is 628 g/mol. The molecule has 11 heteroatoms. The number of hydrogen-bond donors (Lipinski definition) is 3. The lowest BCUT2D eigenvalue weighted by Gasteiger charge is -2.18. The zero-order chi connectivity index (χ0) is 33.9. The fourth-order valence-corrected chi connectivity index (χ4v) is 5.65. The summed E-state index contributed by atoms with van der Waals surface area (Å²) in [6.07, 6.45) is 1.57. The van der Waals surface area contributed by atoms with E-state index in [0.717, 1.165) is 5.56 Å². The van der Waals surface area contributed by atoms with Crippen LogP contribution in [0.4, 0.5) is 17.1 Å². The smallest absolute Gasteiger partial charge is 0.272 e. The monoisotopic (exact) mass is 658 g/mol. The molecule has 0 radical (unpaired) electrons. The van der Waals surface area contributed by atoms with Gasteiger partial charge in [-0.15, -0.1) is 11.8 Å². The first-order valence-electron chi connectivity index (χ1n) is 14.7. The Labute approximate surface area is 281 Å². The van der Waals surface area contributed by atoms with Crippen LogP contribution in [0, 0.1) is 10.1 Å². The number of benzene rings is 5. The molecular formula is C37H30N4O6S. The van der Waals surface area contributed by atoms with Gasteiger partial charge in [0, 0.05) is 34.0 Å². The standard InChI is InChI=1S/C37H30N4O6S/c1-47-31-21-15-25(16-22-31)23-33(40-35(42)27-11-6-3-7-12-27)36(43)39-29-13-8-14-32(24-29)48-34(26-9-4-2-5-10-26)37(44)38-28-17-19-30(20-18-28)41(45)46/h2-24,34H,1H3,(H,38,44)(H,39,43)(H,40,42)/b33-23+. The van der Waals surface area contributed by atoms with Crippen LogP contribution >= 0.6 is 11.8 Å². The topological polar surface area (TPSA) is 140 Å². The Morgan fingerprint density at radius 2 is 1.44 bits per heavy atom. The number of rotatable bonds is 12. The van der Waals surface area contributed by atoms with Gasteiger partial charge in [0.2, 0.25) is 5.91 Å². The van der Waals surface area contributed by atoms with E-state index in [4.69, 9.17) is 4.74 Å². The van der Waals surface area contributed by atoms with Gasteiger partial charge in [-0.1, -0.05) is 66.7 Å². The first-order valence-corrected chi connectivity index (χ1v) is 15.6. The summed E-state index contributed by atoms with van der Waals surface area (Å²) in [5.41, 5.74) is 2.61. The highest BCUT2D eigenvalue weighted by molar-refractivity contribution is 8.00. The number of amides is 3. The quantitative estimate of drug-likeness (QED) is 0.0546. The predicted octanol–water partition coefficient (Wildman–Crippen LogP) is 7.49. The Balaban J connectivity index is 1.36. The maximum absolute atomic E-state index is 13.6. The van der Waals surface area contributed by atoms with Gasteiger partial charge >= 0.3 is 0 Å². The van der Waals surface area contributed by atoms with Crippen LogP contribution in [0.3, 0.4) is 0 Å². The highest BCUT2D eigenvalue weighted by atomic mass is 32.2. The average molecular weight is 659 g/mol. The Bertz CT molecular complexity index is 1930. The fourth-order valence-electron chi connectivity index (χ4n) is 4.57. The van der Waals surface area contributed by atoms with Crippen LogP contribution in [0.1, 0.15) is 26.7 Å². The number of anilines is 2. The van der Waals surface area contributed by atoms with E-state index in [0.29, 0.717) is 33.1 Å². The van der Waals surface area contributed by atoms with E-state index < -0.39 is 22.0 Å². The second-order valence-corrected chi connectivity index (χ2v) is 11.5. The van der Waals surface area contributed by atoms with E-state index in [1.165, 1.54) is 36.0 Å². The molecule has 0 aliphatic heterocycles. The molecule has 1 atom stereocenters. The zero-order valence-electron chi connectivity index (χ0n) is 25.7. The van der Waals surface area contributed by atoms with Crippen molar-refractivity contribution >= 4 is 52.6 Å². The van der Waals surface area contributed by atoms with E-state index >= 15 is 0 Å². The summed E-state index contributed by atoms with van der Waals surface area (Å²) >= 11 is 1.27. The first kappa shape index (κ1) is 33.2. The molecule has 5 aromatic rings. The van der Waals surface area contributed by atoms with Crippen molar-refractivity contribution in [2.75, 3.05) is 17.7 Å². The van der Waals surface area contributed by atoms with Crippen molar-refractivity contribution < 1.29 is 24.0 Å². The second-order valence-electron chi connectivity index (χ2n) is 10.3. The lowest BCUT2D eigenvalue weighted by Crippen LogP contribution is -2.30. The van der Waals surface area contributed by atoms with Gasteiger partial charge in [0.05, 0.1) is 12.0 Å². The summed E-state index contributed by atoms with van der Waals surface area (Å²) in [6, 6.07) is 37.4. The molecule has 0 fully saturated rings. The second kappa shape index (κ2) is 15.9. The maximum Gasteiger partial charge on any atom is 0.272 e. The van der Waals surface area contributed by atoms with Crippen LogP contribution in [-0.2, 0) is 9.59 Å². The summed E-state index contributed by atoms with van der Waals surface area (Å²) in [7, 11) is 1.56. The molecule has 5 rings (SSSR count). The minimum absolute atomic E-state index is 0.0247. The number of non-ortho nitro benzene ring substituents is 1. The van der Waals surface area contributed by atoms with Crippen molar-refractivity contribution in [3.63, 3.8) is 0 Å². The van der Waals surface area contributed by atoms with E-state index in [2.05, 4.69) is 16.0 Å². The fraction of sp³-hybridized carbons (Fsp3) is 0.0541. The molecule has 10 nitrogen and oxygen atoms in total. The molecule has 0 bridgehead atoms. The third-order valence-electron chi connectivity index (χ3n) is 6.99. The van der Waals surface area contributed by atoms with Gasteiger partial charge < -0.3 is 20.7 Å². The van der Waals surface area contributed by atoms with Gasteiger partial charge in [0.1, 0.15) is 16.7 Å². The first-order chi connectivity index (χ1) is 23.3. The average Bonchev–Trinajstić information content (AvgIpc) is 3.11. The molecule has 0 heterocycles. The van der Waals surface area contributed by atoms with E-state index in [1.807, 2.05) is 36.4 Å². The molecule has 0 spiro atoms. The van der Waals surface area contributed by atoms with Crippen LogP contribution in [0.25, 0.3) is 6.08 Å². The van der Waals surface area contributed by atoms with Gasteiger partial charge in [-0.25, -0.2) is 0 Å². The number of nitro benzene ring substituents is 1. The molecule has 0 saturated carbocycles. The van der Waals surface area contributed by atoms with E-state index in [-0.39, 0.29) is 17.3 Å². The molecule has 5 aromatic carbocycles. The summed E-state index contributed by atoms with van der Waals surface area (Å²) in [5.74, 6) is -0.675. The highest BCUT2D eigenvalue weighted by Crippen LogP contribution is 2.37. The third-order valence-corrected chi connectivity index (χ3v) is 8.24. The lowest BCUT2D eigenvalue weighted by atomic mass is 10.1. The van der Waals surface area contributed by atoms with Crippen LogP contribution in [-0.4, -0.2) is 29.8 Å². The normalized spacial score (nSPS) is 11.6. The maximum atomic E-state index is 13.6. The number of methoxy groups -OCH3 is 1. The number of nitro groups is 1. The Kier molecular flexibility index (Phi) is 11.0. The zero-order valence-corrected chi connectivity index (χ0v) is 26.5. The van der Waals surface area contributed by atoms with Crippen molar-refractivity contribution in [1.82, 2.24) is 5.32 Å². The minimum Gasteiger partial charge on any atom is -0.497 e. The van der Waals surface area contributed by atoms with Gasteiger partial charge in [-0.05, 0) is 71.8 Å². The van der Waals surface area contributed by atoms with Crippen molar-refractivity contribution in [3.8, 4) is 5.75 Å². The van der Waals surface area contributed by atoms with Crippen molar-refractivity contribution in [1.29, 1.82) is 0 Å². The van der Waals surface area contributed by atoms with Crippen LogP contribution in [0.15, 0.2) is 144 Å². The van der Waals surface area contributed by atoms with E-state index in [1.54, 1.807) is 86.0 Å². The molecule has 1 unspecified atom stereocenters. The summed E-state index contributed by atoms with van der Waals surface area (Å²) in [4.78, 5) is 51.4. The number of hydrogen-bond acceptors (Lipinski definition) is 7. The van der Waals surface area contributed by atoms with Gasteiger partial charge in [-0.3, -0.25) is 24.5 Å². The number of carbonyl (C=O) groups is 3. The molecule has 0 aliphatic carbocycles. The SMILES string of the molecule is COc1ccc(/C=C(/NC(=O)c2ccccc2)C(=O)Nc2cccc(SC(C(=O)Nc3ccc([N+](=O)[O-])cc3)c3ccccc3)c2)cc1. The molecule has 48 heavy (non-hydrogen) atoms.